The molecule has 1 aromatic heterocycles. The molecule has 0 radical (unpaired) electrons. The molecule has 0 fully saturated rings. The third-order valence-corrected chi connectivity index (χ3v) is 3.32. The minimum atomic E-state index is 0.731. The monoisotopic (exact) mass is 314 g/mol. The molecule has 0 aliphatic rings. The van der Waals surface area contributed by atoms with Crippen molar-refractivity contribution in [2.45, 2.75) is 0 Å². The van der Waals surface area contributed by atoms with Gasteiger partial charge in [-0.1, -0.05) is 28.1 Å². The third kappa shape index (κ3) is 2.37. The summed E-state index contributed by atoms with van der Waals surface area (Å²) in [5, 5.41) is 4.27. The van der Waals surface area contributed by atoms with E-state index in [4.69, 9.17) is 5.73 Å². The Kier molecular flexibility index (Phi) is 3.05. The van der Waals surface area contributed by atoms with Gasteiger partial charge in [0, 0.05) is 15.7 Å². The molecule has 0 saturated carbocycles. The quantitative estimate of drug-likeness (QED) is 0.738. The van der Waals surface area contributed by atoms with E-state index in [0.29, 0.717) is 0 Å². The van der Waals surface area contributed by atoms with Gasteiger partial charge in [-0.05, 0) is 36.4 Å². The zero-order valence-corrected chi connectivity index (χ0v) is 11.6. The van der Waals surface area contributed by atoms with Crippen LogP contribution in [-0.4, -0.2) is 14.8 Å². The Balaban J connectivity index is 2.07. The van der Waals surface area contributed by atoms with Crippen molar-refractivity contribution in [1.29, 1.82) is 0 Å². The highest BCUT2D eigenvalue weighted by atomic mass is 79.9. The van der Waals surface area contributed by atoms with Crippen molar-refractivity contribution in [3.63, 3.8) is 0 Å². The summed E-state index contributed by atoms with van der Waals surface area (Å²) in [6, 6.07) is 15.5. The van der Waals surface area contributed by atoms with Crippen molar-refractivity contribution in [2.24, 2.45) is 0 Å². The van der Waals surface area contributed by atoms with Gasteiger partial charge in [-0.25, -0.2) is 9.67 Å². The summed E-state index contributed by atoms with van der Waals surface area (Å²) in [6.45, 7) is 0. The van der Waals surface area contributed by atoms with Gasteiger partial charge in [0.25, 0.3) is 0 Å². The minimum absolute atomic E-state index is 0.731. The summed E-state index contributed by atoms with van der Waals surface area (Å²) in [5.41, 5.74) is 8.37. The molecule has 0 spiro atoms. The zero-order valence-electron chi connectivity index (χ0n) is 9.99. The summed E-state index contributed by atoms with van der Waals surface area (Å²) in [4.78, 5) is 4.32. The van der Waals surface area contributed by atoms with Crippen molar-refractivity contribution in [3.8, 4) is 17.1 Å². The maximum absolute atomic E-state index is 5.70. The van der Waals surface area contributed by atoms with E-state index in [9.17, 15) is 0 Å². The average Bonchev–Trinajstić information content (AvgIpc) is 2.90. The van der Waals surface area contributed by atoms with E-state index >= 15 is 0 Å². The van der Waals surface area contributed by atoms with Crippen LogP contribution in [0.2, 0.25) is 0 Å². The van der Waals surface area contributed by atoms with Crippen molar-refractivity contribution in [3.05, 3.63) is 59.3 Å². The predicted molar refractivity (Wildman–Crippen MR) is 78.9 cm³/mol. The Morgan fingerprint density at radius 1 is 0.947 bits per heavy atom. The Bertz CT molecular complexity index is 626. The van der Waals surface area contributed by atoms with Gasteiger partial charge in [0.2, 0.25) is 0 Å². The average molecular weight is 315 g/mol. The van der Waals surface area contributed by atoms with E-state index in [1.165, 1.54) is 0 Å². The van der Waals surface area contributed by atoms with E-state index < -0.39 is 0 Å². The maximum atomic E-state index is 5.70. The highest BCUT2D eigenvalue weighted by Gasteiger charge is 2.08. The van der Waals surface area contributed by atoms with E-state index in [2.05, 4.69) is 26.0 Å². The summed E-state index contributed by atoms with van der Waals surface area (Å²) < 4.78 is 2.83. The third-order valence-electron chi connectivity index (χ3n) is 2.79. The van der Waals surface area contributed by atoms with Gasteiger partial charge in [-0.15, -0.1) is 0 Å². The van der Waals surface area contributed by atoms with Crippen LogP contribution in [0.1, 0.15) is 0 Å². The number of nitrogens with two attached hydrogens (primary N) is 1. The molecule has 0 unspecified atom stereocenters. The lowest BCUT2D eigenvalue weighted by Gasteiger charge is -2.06. The van der Waals surface area contributed by atoms with Crippen LogP contribution in [0.5, 0.6) is 0 Å². The predicted octanol–water partition coefficient (Wildman–Crippen LogP) is 3.28. The molecule has 2 aromatic carbocycles. The molecule has 19 heavy (non-hydrogen) atoms. The van der Waals surface area contributed by atoms with Crippen molar-refractivity contribution >= 4 is 21.6 Å². The van der Waals surface area contributed by atoms with Gasteiger partial charge >= 0.3 is 0 Å². The summed E-state index contributed by atoms with van der Waals surface area (Å²) in [5.74, 6) is 0.803. The molecule has 2 N–H and O–H groups in total. The Morgan fingerprint density at radius 3 is 2.32 bits per heavy atom. The topological polar surface area (TPSA) is 56.7 Å². The van der Waals surface area contributed by atoms with Crippen molar-refractivity contribution < 1.29 is 0 Å². The molecule has 3 rings (SSSR count). The lowest BCUT2D eigenvalue weighted by molar-refractivity contribution is 0.887. The summed E-state index contributed by atoms with van der Waals surface area (Å²) in [6.07, 6.45) is 1.55. The number of rotatable bonds is 2. The molecular formula is C14H11BrN4. The van der Waals surface area contributed by atoms with Crippen LogP contribution in [-0.2, 0) is 0 Å². The number of nitrogen functional groups attached to an aromatic ring is 1. The second-order valence-electron chi connectivity index (χ2n) is 4.09. The molecule has 1 heterocycles. The molecule has 3 aromatic rings. The van der Waals surface area contributed by atoms with E-state index in [1.807, 2.05) is 48.5 Å². The highest BCUT2D eigenvalue weighted by molar-refractivity contribution is 9.10. The smallest absolute Gasteiger partial charge is 0.163 e. The first-order chi connectivity index (χ1) is 9.24. The van der Waals surface area contributed by atoms with Gasteiger partial charge in [-0.3, -0.25) is 0 Å². The zero-order chi connectivity index (χ0) is 13.2. The van der Waals surface area contributed by atoms with Crippen LogP contribution in [0.25, 0.3) is 17.1 Å². The molecular weight excluding hydrogens is 304 g/mol. The first kappa shape index (κ1) is 11.9. The number of hydrogen-bond donors (Lipinski definition) is 1. The van der Waals surface area contributed by atoms with E-state index in [1.54, 1.807) is 11.0 Å². The number of nitrogens with zero attached hydrogens (tertiary/aromatic N) is 3. The van der Waals surface area contributed by atoms with Crippen molar-refractivity contribution in [2.75, 3.05) is 5.73 Å². The molecule has 4 nitrogen and oxygen atoms in total. The summed E-state index contributed by atoms with van der Waals surface area (Å²) in [7, 11) is 0. The first-order valence-corrected chi connectivity index (χ1v) is 6.55. The second-order valence-corrected chi connectivity index (χ2v) is 5.01. The fourth-order valence-electron chi connectivity index (χ4n) is 1.84. The molecule has 0 aliphatic heterocycles. The van der Waals surface area contributed by atoms with Crippen LogP contribution < -0.4 is 5.73 Å². The van der Waals surface area contributed by atoms with Crippen LogP contribution in [0.4, 0.5) is 5.69 Å². The van der Waals surface area contributed by atoms with Gasteiger partial charge in [0.05, 0.1) is 5.69 Å². The van der Waals surface area contributed by atoms with E-state index in [-0.39, 0.29) is 0 Å². The van der Waals surface area contributed by atoms with Gasteiger partial charge in [0.1, 0.15) is 6.33 Å². The number of anilines is 1. The Morgan fingerprint density at radius 2 is 1.63 bits per heavy atom. The molecule has 0 saturated heterocycles. The molecule has 0 amide bonds. The number of hydrogen-bond acceptors (Lipinski definition) is 3. The van der Waals surface area contributed by atoms with Crippen LogP contribution in [0.3, 0.4) is 0 Å². The number of aromatic nitrogens is 3. The van der Waals surface area contributed by atoms with Crippen LogP contribution in [0.15, 0.2) is 59.3 Å². The second kappa shape index (κ2) is 4.85. The van der Waals surface area contributed by atoms with Crippen LogP contribution in [0, 0.1) is 0 Å². The maximum Gasteiger partial charge on any atom is 0.163 e. The first-order valence-electron chi connectivity index (χ1n) is 5.76. The standard InChI is InChI=1S/C14H11BrN4/c15-11-3-1-10(2-4-11)14-17-9-18-19(14)13-7-5-12(16)6-8-13/h1-9H,16H2. The largest absolute Gasteiger partial charge is 0.399 e. The number of benzene rings is 2. The fourth-order valence-corrected chi connectivity index (χ4v) is 2.11. The Hall–Kier alpha value is -2.14. The molecule has 0 atom stereocenters. The molecule has 0 aliphatic carbocycles. The van der Waals surface area contributed by atoms with Gasteiger partial charge < -0.3 is 5.73 Å². The van der Waals surface area contributed by atoms with Crippen molar-refractivity contribution in [1.82, 2.24) is 14.8 Å². The Labute approximate surface area is 119 Å². The van der Waals surface area contributed by atoms with Crippen LogP contribution >= 0.6 is 15.9 Å². The summed E-state index contributed by atoms with van der Waals surface area (Å²) >= 11 is 3.42. The minimum Gasteiger partial charge on any atom is -0.399 e. The lowest BCUT2D eigenvalue weighted by Crippen LogP contribution is -1.99. The molecule has 0 bridgehead atoms. The lowest BCUT2D eigenvalue weighted by atomic mass is 10.2. The van der Waals surface area contributed by atoms with Gasteiger partial charge in [0.15, 0.2) is 5.82 Å². The normalized spacial score (nSPS) is 10.6. The molecule has 5 heteroatoms. The van der Waals surface area contributed by atoms with E-state index in [0.717, 1.165) is 27.2 Å². The molecule has 94 valence electrons. The number of halogens is 1. The highest BCUT2D eigenvalue weighted by Crippen LogP contribution is 2.22. The van der Waals surface area contributed by atoms with Gasteiger partial charge in [-0.2, -0.15) is 5.10 Å². The fraction of sp³-hybridized carbons (Fsp3) is 0. The SMILES string of the molecule is Nc1ccc(-n2ncnc2-c2ccc(Br)cc2)cc1.